The fourth-order valence-corrected chi connectivity index (χ4v) is 5.26. The summed E-state index contributed by atoms with van der Waals surface area (Å²) in [4.78, 5) is 15.6. The van der Waals surface area contributed by atoms with Crippen molar-refractivity contribution in [2.24, 2.45) is 7.05 Å². The van der Waals surface area contributed by atoms with Crippen LogP contribution in [0.2, 0.25) is 0 Å². The van der Waals surface area contributed by atoms with E-state index in [1.54, 1.807) is 7.11 Å². The van der Waals surface area contributed by atoms with Crippen LogP contribution >= 0.6 is 0 Å². The normalized spacial score (nSPS) is 16.1. The molecule has 182 valence electrons. The summed E-state index contributed by atoms with van der Waals surface area (Å²) in [5.74, 6) is 2.58. The van der Waals surface area contributed by atoms with Gasteiger partial charge in [-0.15, -0.1) is 0 Å². The topological polar surface area (TPSA) is 52.9 Å². The van der Waals surface area contributed by atoms with E-state index in [1.165, 1.54) is 5.56 Å². The molecule has 6 rings (SSSR count). The summed E-state index contributed by atoms with van der Waals surface area (Å²) in [7, 11) is 3.70. The quantitative estimate of drug-likeness (QED) is 0.353. The molecule has 0 aliphatic carbocycles. The van der Waals surface area contributed by atoms with Gasteiger partial charge in [-0.2, -0.15) is 0 Å². The molecule has 0 amide bonds. The molecular weight excluding hydrogens is 452 g/mol. The van der Waals surface area contributed by atoms with E-state index in [2.05, 4.69) is 27.7 Å². The summed E-state index contributed by atoms with van der Waals surface area (Å²) in [6.45, 7) is 4.01. The van der Waals surface area contributed by atoms with Gasteiger partial charge in [-0.05, 0) is 43.2 Å². The molecule has 0 bridgehead atoms. The van der Waals surface area contributed by atoms with Gasteiger partial charge in [-0.25, -0.2) is 0 Å². The molecule has 0 saturated heterocycles. The first kappa shape index (κ1) is 22.4. The van der Waals surface area contributed by atoms with Crippen LogP contribution in [0.15, 0.2) is 66.6 Å². The Morgan fingerprint density at radius 2 is 1.89 bits per heavy atom. The number of ether oxygens (including phenoxy) is 3. The lowest BCUT2D eigenvalue weighted by Gasteiger charge is -2.30. The van der Waals surface area contributed by atoms with Crippen LogP contribution in [0.4, 0.5) is 0 Å². The van der Waals surface area contributed by atoms with E-state index in [9.17, 15) is 4.79 Å². The molecule has 0 unspecified atom stereocenters. The van der Waals surface area contributed by atoms with Crippen molar-refractivity contribution in [2.45, 2.75) is 19.9 Å². The third-order valence-electron chi connectivity index (χ3n) is 7.11. The smallest absolute Gasteiger partial charge is 0.231 e. The zero-order valence-electron chi connectivity index (χ0n) is 20.7. The lowest BCUT2D eigenvalue weighted by atomic mass is 9.99. The Morgan fingerprint density at radius 1 is 1.08 bits per heavy atom. The zero-order valence-corrected chi connectivity index (χ0v) is 20.7. The van der Waals surface area contributed by atoms with Crippen molar-refractivity contribution >= 4 is 22.8 Å². The number of aromatic nitrogens is 1. The molecule has 0 spiro atoms. The van der Waals surface area contributed by atoms with Crippen molar-refractivity contribution in [1.29, 1.82) is 0 Å². The number of hydrogen-bond acceptors (Lipinski definition) is 5. The molecule has 0 saturated carbocycles. The third kappa shape index (κ3) is 3.74. The van der Waals surface area contributed by atoms with E-state index in [1.807, 2.05) is 62.6 Å². The van der Waals surface area contributed by atoms with Crippen molar-refractivity contribution in [1.82, 2.24) is 9.47 Å². The highest BCUT2D eigenvalue weighted by Gasteiger charge is 2.33. The van der Waals surface area contributed by atoms with Gasteiger partial charge in [0.25, 0.3) is 0 Å². The first-order valence-corrected chi connectivity index (χ1v) is 12.2. The van der Waals surface area contributed by atoms with E-state index in [0.29, 0.717) is 30.3 Å². The van der Waals surface area contributed by atoms with Crippen molar-refractivity contribution in [3.8, 4) is 17.2 Å². The number of nitrogens with zero attached hydrogens (tertiary/aromatic N) is 2. The zero-order chi connectivity index (χ0) is 24.8. The van der Waals surface area contributed by atoms with E-state index in [4.69, 9.17) is 14.2 Å². The minimum atomic E-state index is -0.0880. The Labute approximate surface area is 210 Å². The van der Waals surface area contributed by atoms with Crippen molar-refractivity contribution in [3.05, 3.63) is 94.4 Å². The minimum Gasteiger partial charge on any atom is -0.496 e. The largest absolute Gasteiger partial charge is 0.496 e. The van der Waals surface area contributed by atoms with Gasteiger partial charge in [0.15, 0.2) is 5.76 Å². The van der Waals surface area contributed by atoms with Gasteiger partial charge in [-0.1, -0.05) is 36.4 Å². The van der Waals surface area contributed by atoms with Gasteiger partial charge in [0.05, 0.1) is 12.7 Å². The molecule has 36 heavy (non-hydrogen) atoms. The predicted octanol–water partition coefficient (Wildman–Crippen LogP) is 5.51. The molecule has 3 aromatic carbocycles. The molecule has 0 N–H and O–H groups in total. The number of para-hydroxylation sites is 2. The van der Waals surface area contributed by atoms with Gasteiger partial charge in [0.1, 0.15) is 24.0 Å². The first-order valence-electron chi connectivity index (χ1n) is 12.2. The lowest BCUT2D eigenvalue weighted by Crippen LogP contribution is -2.34. The molecule has 6 nitrogen and oxygen atoms in total. The lowest BCUT2D eigenvalue weighted by molar-refractivity contribution is 0.0952. The number of allylic oxidation sites excluding steroid dienone is 1. The molecular formula is C30H28N2O4. The molecule has 6 heteroatoms. The standard InChI is InChI=1S/C30H28N2O4/c1-19-29-22(17-32(18-35-29)13-12-20-8-4-7-11-26(20)34-3)14-24-28(33)27(36-30(19)24)15-21-16-31(2)25-10-6-5-9-23(21)25/h4-11,14-16H,12-13,17-18H2,1-3H3/b27-15-. The number of fused-ring (bicyclic) bond motifs is 3. The molecule has 4 aromatic rings. The van der Waals surface area contributed by atoms with Crippen LogP contribution in [-0.2, 0) is 20.0 Å². The summed E-state index contributed by atoms with van der Waals surface area (Å²) in [6, 6.07) is 18.2. The van der Waals surface area contributed by atoms with Crippen LogP contribution in [0.3, 0.4) is 0 Å². The molecule has 0 atom stereocenters. The molecule has 2 aliphatic rings. The van der Waals surface area contributed by atoms with Crippen molar-refractivity contribution in [3.63, 3.8) is 0 Å². The highest BCUT2D eigenvalue weighted by atomic mass is 16.5. The summed E-state index contributed by atoms with van der Waals surface area (Å²) >= 11 is 0. The molecule has 2 aliphatic heterocycles. The number of aryl methyl sites for hydroxylation is 1. The second kappa shape index (κ2) is 8.88. The van der Waals surface area contributed by atoms with Crippen LogP contribution in [0.5, 0.6) is 17.2 Å². The van der Waals surface area contributed by atoms with Crippen molar-refractivity contribution in [2.75, 3.05) is 20.4 Å². The monoisotopic (exact) mass is 480 g/mol. The third-order valence-corrected chi connectivity index (χ3v) is 7.11. The number of carbonyl (C=O) groups is 1. The molecule has 3 heterocycles. The van der Waals surface area contributed by atoms with Gasteiger partial charge >= 0.3 is 0 Å². The highest BCUT2D eigenvalue weighted by Crippen LogP contribution is 2.43. The number of ketones is 1. The van der Waals surface area contributed by atoms with Crippen LogP contribution < -0.4 is 14.2 Å². The average molecular weight is 481 g/mol. The number of carbonyl (C=O) groups excluding carboxylic acids is 1. The Bertz CT molecular complexity index is 1530. The maximum atomic E-state index is 13.4. The predicted molar refractivity (Wildman–Crippen MR) is 140 cm³/mol. The number of benzene rings is 3. The Kier molecular flexibility index (Phi) is 5.53. The number of hydrogen-bond donors (Lipinski definition) is 0. The van der Waals surface area contributed by atoms with E-state index in [-0.39, 0.29) is 5.78 Å². The van der Waals surface area contributed by atoms with Crippen LogP contribution in [0, 0.1) is 6.92 Å². The molecule has 0 radical (unpaired) electrons. The maximum Gasteiger partial charge on any atom is 0.231 e. The number of methoxy groups -OCH3 is 1. The molecule has 1 aromatic heterocycles. The summed E-state index contributed by atoms with van der Waals surface area (Å²) in [5.41, 5.74) is 5.74. The van der Waals surface area contributed by atoms with E-state index < -0.39 is 0 Å². The van der Waals surface area contributed by atoms with Gasteiger partial charge in [0.2, 0.25) is 5.78 Å². The Hall–Kier alpha value is -4.03. The van der Waals surface area contributed by atoms with E-state index >= 15 is 0 Å². The summed E-state index contributed by atoms with van der Waals surface area (Å²) in [5, 5.41) is 1.09. The van der Waals surface area contributed by atoms with Gasteiger partial charge in [0, 0.05) is 53.9 Å². The minimum absolute atomic E-state index is 0.0880. The second-order valence-electron chi connectivity index (χ2n) is 9.41. The maximum absolute atomic E-state index is 13.4. The fourth-order valence-electron chi connectivity index (χ4n) is 5.26. The SMILES string of the molecule is COc1ccccc1CCN1COc2c(cc3c(c2C)O/C(=C\c2cn(C)c4ccccc24)C3=O)C1. The number of Topliss-reactive ketones (excluding diaryl/α,β-unsaturated/α-hetero) is 1. The summed E-state index contributed by atoms with van der Waals surface area (Å²) < 4.78 is 19.8. The number of rotatable bonds is 5. The Morgan fingerprint density at radius 3 is 2.75 bits per heavy atom. The van der Waals surface area contributed by atoms with Gasteiger partial charge < -0.3 is 18.8 Å². The second-order valence-corrected chi connectivity index (χ2v) is 9.41. The van der Waals surface area contributed by atoms with Crippen LogP contribution in [0.1, 0.15) is 32.6 Å². The fraction of sp³-hybridized carbons (Fsp3) is 0.233. The first-order chi connectivity index (χ1) is 17.5. The summed E-state index contributed by atoms with van der Waals surface area (Å²) in [6.07, 6.45) is 4.73. The van der Waals surface area contributed by atoms with Gasteiger partial charge in [-0.3, -0.25) is 9.69 Å². The Balaban J connectivity index is 1.25. The molecule has 0 fully saturated rings. The van der Waals surface area contributed by atoms with Crippen LogP contribution in [0.25, 0.3) is 17.0 Å². The van der Waals surface area contributed by atoms with Crippen molar-refractivity contribution < 1.29 is 19.0 Å². The highest BCUT2D eigenvalue weighted by molar-refractivity contribution is 6.15. The average Bonchev–Trinajstić information content (AvgIpc) is 3.39. The van der Waals surface area contributed by atoms with Crippen LogP contribution in [-0.4, -0.2) is 35.6 Å². The van der Waals surface area contributed by atoms with E-state index in [0.717, 1.165) is 52.1 Å².